The summed E-state index contributed by atoms with van der Waals surface area (Å²) < 4.78 is 5.39. The Morgan fingerprint density at radius 1 is 1.61 bits per heavy atom. The first-order valence-corrected chi connectivity index (χ1v) is 6.19. The van der Waals surface area contributed by atoms with Crippen molar-refractivity contribution in [2.45, 2.75) is 13.3 Å². The molecule has 0 aromatic carbocycles. The van der Waals surface area contributed by atoms with Crippen LogP contribution in [0.5, 0.6) is 0 Å². The molecule has 1 aromatic rings. The third-order valence-corrected chi connectivity index (χ3v) is 3.33. The molecule has 0 aliphatic carbocycles. The number of carbonyl (C=O) groups is 1. The minimum atomic E-state index is -1.00. The fourth-order valence-corrected chi connectivity index (χ4v) is 2.12. The second-order valence-corrected chi connectivity index (χ2v) is 4.70. The Morgan fingerprint density at radius 3 is 3.17 bits per heavy atom. The fraction of sp³-hybridized carbons (Fsp3) is 0.538. The molecule has 1 saturated heterocycles. The van der Waals surface area contributed by atoms with Crippen LogP contribution in [0.3, 0.4) is 0 Å². The third-order valence-electron chi connectivity index (χ3n) is 3.33. The van der Waals surface area contributed by atoms with Crippen molar-refractivity contribution >= 4 is 11.8 Å². The van der Waals surface area contributed by atoms with E-state index >= 15 is 0 Å². The van der Waals surface area contributed by atoms with E-state index in [9.17, 15) is 4.79 Å². The Hall–Kier alpha value is -1.62. The van der Waals surface area contributed by atoms with Crippen molar-refractivity contribution in [1.82, 2.24) is 4.98 Å². The highest BCUT2D eigenvalue weighted by molar-refractivity contribution is 5.85. The Balaban J connectivity index is 1.93. The van der Waals surface area contributed by atoms with Gasteiger partial charge in [-0.15, -0.1) is 0 Å². The number of hydrogen-bond donors (Lipinski definition) is 2. The van der Waals surface area contributed by atoms with Crippen LogP contribution in [0.1, 0.15) is 23.8 Å². The average Bonchev–Trinajstić information content (AvgIpc) is 2.38. The SMILES string of the molecule is CC1COCCC1CNc1cccc(C(=O)O)n1. The van der Waals surface area contributed by atoms with E-state index in [1.54, 1.807) is 12.1 Å². The normalized spacial score (nSPS) is 23.6. The number of pyridine rings is 1. The Bertz CT molecular complexity index is 422. The summed E-state index contributed by atoms with van der Waals surface area (Å²) in [6.07, 6.45) is 1.03. The maximum atomic E-state index is 10.8. The van der Waals surface area contributed by atoms with Crippen LogP contribution in [-0.2, 0) is 4.74 Å². The summed E-state index contributed by atoms with van der Waals surface area (Å²) in [6.45, 7) is 4.58. The van der Waals surface area contributed by atoms with Crippen molar-refractivity contribution < 1.29 is 14.6 Å². The van der Waals surface area contributed by atoms with E-state index < -0.39 is 5.97 Å². The minimum Gasteiger partial charge on any atom is -0.477 e. The zero-order valence-electron chi connectivity index (χ0n) is 10.4. The molecule has 2 N–H and O–H groups in total. The van der Waals surface area contributed by atoms with Crippen molar-refractivity contribution in [3.8, 4) is 0 Å². The van der Waals surface area contributed by atoms with E-state index in [4.69, 9.17) is 9.84 Å². The van der Waals surface area contributed by atoms with Gasteiger partial charge in [0, 0.05) is 19.8 Å². The monoisotopic (exact) mass is 250 g/mol. The summed E-state index contributed by atoms with van der Waals surface area (Å²) in [7, 11) is 0. The van der Waals surface area contributed by atoms with Crippen molar-refractivity contribution in [2.75, 3.05) is 25.1 Å². The molecule has 0 spiro atoms. The zero-order valence-corrected chi connectivity index (χ0v) is 10.4. The van der Waals surface area contributed by atoms with E-state index in [-0.39, 0.29) is 5.69 Å². The highest BCUT2D eigenvalue weighted by Crippen LogP contribution is 2.21. The van der Waals surface area contributed by atoms with Gasteiger partial charge in [-0.2, -0.15) is 0 Å². The van der Waals surface area contributed by atoms with Gasteiger partial charge in [0.25, 0.3) is 0 Å². The molecule has 1 aliphatic heterocycles. The summed E-state index contributed by atoms with van der Waals surface area (Å²) in [5.41, 5.74) is 0.0695. The van der Waals surface area contributed by atoms with Gasteiger partial charge in [-0.25, -0.2) is 9.78 Å². The number of nitrogens with zero attached hydrogens (tertiary/aromatic N) is 1. The lowest BCUT2D eigenvalue weighted by Crippen LogP contribution is -2.30. The van der Waals surface area contributed by atoms with Crippen LogP contribution < -0.4 is 5.32 Å². The van der Waals surface area contributed by atoms with Crippen molar-refractivity contribution in [3.63, 3.8) is 0 Å². The number of carboxylic acid groups (broad SMARTS) is 1. The average molecular weight is 250 g/mol. The molecule has 0 radical (unpaired) electrons. The molecular formula is C13H18N2O3. The van der Waals surface area contributed by atoms with Gasteiger partial charge in [0.15, 0.2) is 5.69 Å². The van der Waals surface area contributed by atoms with Crippen molar-refractivity contribution in [2.24, 2.45) is 11.8 Å². The fourth-order valence-electron chi connectivity index (χ4n) is 2.12. The molecule has 5 heteroatoms. The standard InChI is InChI=1S/C13H18N2O3/c1-9-8-18-6-5-10(9)7-14-12-4-2-3-11(15-12)13(16)17/h2-4,9-10H,5-8H2,1H3,(H,14,15)(H,16,17). The summed E-state index contributed by atoms with van der Waals surface area (Å²) in [5, 5.41) is 12.1. The van der Waals surface area contributed by atoms with Gasteiger partial charge in [0.05, 0.1) is 0 Å². The lowest BCUT2D eigenvalue weighted by atomic mass is 9.90. The molecule has 0 amide bonds. The molecule has 1 aromatic heterocycles. The summed E-state index contributed by atoms with van der Waals surface area (Å²) >= 11 is 0. The van der Waals surface area contributed by atoms with Gasteiger partial charge < -0.3 is 15.2 Å². The van der Waals surface area contributed by atoms with E-state index in [1.807, 2.05) is 0 Å². The summed E-state index contributed by atoms with van der Waals surface area (Å²) in [6, 6.07) is 4.98. The molecule has 1 fully saturated rings. The van der Waals surface area contributed by atoms with Crippen LogP contribution in [0.4, 0.5) is 5.82 Å². The largest absolute Gasteiger partial charge is 0.477 e. The van der Waals surface area contributed by atoms with Crippen LogP contribution in [0.2, 0.25) is 0 Å². The van der Waals surface area contributed by atoms with E-state index in [0.717, 1.165) is 26.2 Å². The Morgan fingerprint density at radius 2 is 2.44 bits per heavy atom. The molecule has 2 heterocycles. The number of hydrogen-bond acceptors (Lipinski definition) is 4. The first kappa shape index (κ1) is 12.8. The number of carboxylic acids is 1. The number of ether oxygens (including phenoxy) is 1. The van der Waals surface area contributed by atoms with Gasteiger partial charge in [0.2, 0.25) is 0 Å². The van der Waals surface area contributed by atoms with Gasteiger partial charge in [-0.05, 0) is 30.4 Å². The molecule has 5 nitrogen and oxygen atoms in total. The first-order chi connectivity index (χ1) is 8.66. The van der Waals surface area contributed by atoms with E-state index in [2.05, 4.69) is 17.2 Å². The lowest BCUT2D eigenvalue weighted by Gasteiger charge is -2.29. The van der Waals surface area contributed by atoms with Gasteiger partial charge in [-0.1, -0.05) is 13.0 Å². The topological polar surface area (TPSA) is 71.5 Å². The number of nitrogens with one attached hydrogen (secondary N) is 1. The van der Waals surface area contributed by atoms with Gasteiger partial charge in [-0.3, -0.25) is 0 Å². The maximum Gasteiger partial charge on any atom is 0.354 e. The Kier molecular flexibility index (Phi) is 4.15. The number of rotatable bonds is 4. The minimum absolute atomic E-state index is 0.0695. The van der Waals surface area contributed by atoms with Crippen LogP contribution >= 0.6 is 0 Å². The molecule has 2 unspecified atom stereocenters. The number of anilines is 1. The van der Waals surface area contributed by atoms with Crippen LogP contribution in [-0.4, -0.2) is 35.8 Å². The first-order valence-electron chi connectivity index (χ1n) is 6.19. The van der Waals surface area contributed by atoms with E-state index in [0.29, 0.717) is 17.7 Å². The molecular weight excluding hydrogens is 232 g/mol. The van der Waals surface area contributed by atoms with Crippen molar-refractivity contribution in [3.05, 3.63) is 23.9 Å². The second-order valence-electron chi connectivity index (χ2n) is 4.70. The Labute approximate surface area is 106 Å². The summed E-state index contributed by atoms with van der Waals surface area (Å²) in [5.74, 6) is 0.689. The van der Waals surface area contributed by atoms with Crippen LogP contribution in [0.25, 0.3) is 0 Å². The maximum absolute atomic E-state index is 10.8. The molecule has 98 valence electrons. The molecule has 18 heavy (non-hydrogen) atoms. The predicted octanol–water partition coefficient (Wildman–Crippen LogP) is 1.86. The van der Waals surface area contributed by atoms with Crippen LogP contribution in [0, 0.1) is 11.8 Å². The molecule has 2 rings (SSSR count). The van der Waals surface area contributed by atoms with Crippen LogP contribution in [0.15, 0.2) is 18.2 Å². The summed E-state index contributed by atoms with van der Waals surface area (Å²) in [4.78, 5) is 14.8. The molecule has 1 aliphatic rings. The zero-order chi connectivity index (χ0) is 13.0. The molecule has 0 bridgehead atoms. The highest BCUT2D eigenvalue weighted by Gasteiger charge is 2.21. The highest BCUT2D eigenvalue weighted by atomic mass is 16.5. The predicted molar refractivity (Wildman–Crippen MR) is 67.8 cm³/mol. The number of aromatic nitrogens is 1. The third kappa shape index (κ3) is 3.20. The van der Waals surface area contributed by atoms with Gasteiger partial charge in [0.1, 0.15) is 5.82 Å². The number of aromatic carboxylic acids is 1. The van der Waals surface area contributed by atoms with E-state index in [1.165, 1.54) is 6.07 Å². The smallest absolute Gasteiger partial charge is 0.354 e. The quantitative estimate of drug-likeness (QED) is 0.853. The lowest BCUT2D eigenvalue weighted by molar-refractivity contribution is 0.0284. The second kappa shape index (κ2) is 5.82. The van der Waals surface area contributed by atoms with Crippen molar-refractivity contribution in [1.29, 1.82) is 0 Å². The molecule has 2 atom stereocenters. The molecule has 0 saturated carbocycles. The van der Waals surface area contributed by atoms with Gasteiger partial charge >= 0.3 is 5.97 Å².